The third-order valence-corrected chi connectivity index (χ3v) is 7.51. The number of piperazine rings is 1. The molecule has 3 amide bonds. The average Bonchev–Trinajstić information content (AvgIpc) is 3.41. The lowest BCUT2D eigenvalue weighted by Gasteiger charge is -2.35. The lowest BCUT2D eigenvalue weighted by atomic mass is 10.2. The predicted octanol–water partition coefficient (Wildman–Crippen LogP) is 0.889. The summed E-state index contributed by atoms with van der Waals surface area (Å²) < 4.78 is 17.3. The van der Waals surface area contributed by atoms with Crippen LogP contribution in [-0.4, -0.2) is 117 Å². The zero-order valence-corrected chi connectivity index (χ0v) is 23.5. The van der Waals surface area contributed by atoms with Crippen molar-refractivity contribution < 1.29 is 38.6 Å². The number of carboxylic acid groups (broad SMARTS) is 1. The van der Waals surface area contributed by atoms with Crippen LogP contribution in [0.1, 0.15) is 16.9 Å². The molecule has 4 N–H and O–H groups in total. The molecule has 40 heavy (non-hydrogen) atoms. The second-order valence-electron chi connectivity index (χ2n) is 9.36. The molecule has 0 saturated carbocycles. The summed E-state index contributed by atoms with van der Waals surface area (Å²) in [4.78, 5) is 70.4. The van der Waals surface area contributed by atoms with E-state index in [0.29, 0.717) is 24.5 Å². The molecule has 2 saturated heterocycles. The highest BCUT2D eigenvalue weighted by Crippen LogP contribution is 2.35. The van der Waals surface area contributed by atoms with Crippen molar-refractivity contribution in [3.05, 3.63) is 42.1 Å². The zero-order chi connectivity index (χ0) is 28.2. The monoisotopic (exact) mass is 598 g/mol. The molecule has 3 heterocycles. The van der Waals surface area contributed by atoms with E-state index < -0.39 is 37.7 Å². The van der Waals surface area contributed by atoms with Crippen LogP contribution in [0.5, 0.6) is 0 Å². The number of benzene rings is 1. The molecule has 2 aliphatic rings. The Morgan fingerprint density at radius 3 is 2.30 bits per heavy atom. The van der Waals surface area contributed by atoms with Crippen LogP contribution in [0.25, 0.3) is 11.4 Å². The number of halogens is 1. The van der Waals surface area contributed by atoms with Crippen LogP contribution >= 0.6 is 20.0 Å². The predicted molar refractivity (Wildman–Crippen MR) is 147 cm³/mol. The zero-order valence-electron chi connectivity index (χ0n) is 21.8. The fourth-order valence-corrected chi connectivity index (χ4v) is 5.27. The standard InChI is InChI=1S/C24H31N6O8P.ClH/c1-38-17-7-8-30(14-17)20-13-18(25-21(27-20)16-5-3-2-4-6-16)22(31)26-19(15-39(35,36)37)23(32)28-9-11-29(12-10-28)24(33)34;/h2-6,13,17,19H,7-12,14-15H2,1H3,(H,26,31)(H,33,34)(H2,35,36,37);1H/t17-,19-;/m0./s1. The fourth-order valence-electron chi connectivity index (χ4n) is 4.55. The van der Waals surface area contributed by atoms with Crippen LogP contribution in [0, 0.1) is 0 Å². The van der Waals surface area contributed by atoms with E-state index in [4.69, 9.17) is 9.84 Å². The summed E-state index contributed by atoms with van der Waals surface area (Å²) in [7, 11) is -3.09. The van der Waals surface area contributed by atoms with E-state index in [9.17, 15) is 28.7 Å². The van der Waals surface area contributed by atoms with Crippen LogP contribution in [0.2, 0.25) is 0 Å². The Bertz CT molecular complexity index is 1260. The number of anilines is 1. The Morgan fingerprint density at radius 2 is 1.73 bits per heavy atom. The summed E-state index contributed by atoms with van der Waals surface area (Å²) in [6.07, 6.45) is -1.26. The van der Waals surface area contributed by atoms with Gasteiger partial charge in [-0.15, -0.1) is 12.4 Å². The minimum absolute atomic E-state index is 0. The lowest BCUT2D eigenvalue weighted by molar-refractivity contribution is -0.134. The van der Waals surface area contributed by atoms with E-state index in [2.05, 4.69) is 15.3 Å². The Labute approximate surface area is 236 Å². The van der Waals surface area contributed by atoms with Crippen LogP contribution in [-0.2, 0) is 14.1 Å². The van der Waals surface area contributed by atoms with Crippen molar-refractivity contribution in [2.24, 2.45) is 0 Å². The van der Waals surface area contributed by atoms with Crippen LogP contribution in [0.15, 0.2) is 36.4 Å². The topological polar surface area (TPSA) is 186 Å². The van der Waals surface area contributed by atoms with Gasteiger partial charge in [0.05, 0.1) is 12.3 Å². The number of hydrogen-bond donors (Lipinski definition) is 4. The average molecular weight is 599 g/mol. The number of aromatic nitrogens is 2. The summed E-state index contributed by atoms with van der Waals surface area (Å²) in [6, 6.07) is 8.96. The minimum Gasteiger partial charge on any atom is -0.465 e. The molecule has 2 aliphatic heterocycles. The minimum atomic E-state index is -4.72. The Hall–Kier alpha value is -3.29. The summed E-state index contributed by atoms with van der Waals surface area (Å²) >= 11 is 0. The van der Waals surface area contributed by atoms with Gasteiger partial charge in [0, 0.05) is 58.0 Å². The number of ether oxygens (including phenoxy) is 1. The van der Waals surface area contributed by atoms with Gasteiger partial charge in [0.2, 0.25) is 5.91 Å². The number of hydrogen-bond acceptors (Lipinski definition) is 8. The van der Waals surface area contributed by atoms with Gasteiger partial charge in [0.25, 0.3) is 5.91 Å². The normalized spacial score (nSPS) is 18.2. The number of nitrogens with zero attached hydrogens (tertiary/aromatic N) is 5. The Kier molecular flexibility index (Phi) is 10.4. The molecular weight excluding hydrogens is 567 g/mol. The number of rotatable bonds is 8. The van der Waals surface area contributed by atoms with E-state index in [1.165, 1.54) is 11.0 Å². The molecule has 0 aliphatic carbocycles. The van der Waals surface area contributed by atoms with E-state index in [-0.39, 0.29) is 56.2 Å². The largest absolute Gasteiger partial charge is 0.465 e. The molecule has 0 unspecified atom stereocenters. The van der Waals surface area contributed by atoms with Crippen molar-refractivity contribution >= 4 is 43.7 Å². The van der Waals surface area contributed by atoms with Crippen molar-refractivity contribution in [1.29, 1.82) is 0 Å². The highest BCUT2D eigenvalue weighted by molar-refractivity contribution is 7.51. The van der Waals surface area contributed by atoms with E-state index in [1.54, 1.807) is 31.4 Å². The van der Waals surface area contributed by atoms with Crippen molar-refractivity contribution in [3.63, 3.8) is 0 Å². The van der Waals surface area contributed by atoms with Gasteiger partial charge in [-0.3, -0.25) is 14.2 Å². The SMILES string of the molecule is CO[C@H]1CCN(c2cc(C(=O)N[C@@H](CP(=O)(O)O)C(=O)N3CCN(C(=O)O)CC3)nc(-c3ccccc3)n2)C1.Cl. The summed E-state index contributed by atoms with van der Waals surface area (Å²) in [5.74, 6) is -0.746. The molecule has 218 valence electrons. The third-order valence-electron chi connectivity index (χ3n) is 6.67. The number of methoxy groups -OCH3 is 1. The van der Waals surface area contributed by atoms with Gasteiger partial charge in [0.15, 0.2) is 5.82 Å². The first kappa shape index (κ1) is 31.2. The quantitative estimate of drug-likeness (QED) is 0.316. The first-order valence-corrected chi connectivity index (χ1v) is 14.2. The van der Waals surface area contributed by atoms with Gasteiger partial charge >= 0.3 is 13.7 Å². The summed E-state index contributed by atoms with van der Waals surface area (Å²) in [6.45, 7) is 1.36. The maximum atomic E-state index is 13.4. The van der Waals surface area contributed by atoms with E-state index in [0.717, 1.165) is 11.3 Å². The molecular formula is C24H32ClN6O8P. The molecule has 16 heteroatoms. The number of nitrogens with one attached hydrogen (secondary N) is 1. The number of carbonyl (C=O) groups is 3. The molecule has 14 nitrogen and oxygen atoms in total. The Morgan fingerprint density at radius 1 is 1.07 bits per heavy atom. The van der Waals surface area contributed by atoms with Crippen molar-refractivity contribution in [2.45, 2.75) is 18.6 Å². The molecule has 2 aromatic rings. The summed E-state index contributed by atoms with van der Waals surface area (Å²) in [5, 5.41) is 11.6. The molecule has 2 fully saturated rings. The highest BCUT2D eigenvalue weighted by atomic mass is 35.5. The van der Waals surface area contributed by atoms with Crippen LogP contribution in [0.4, 0.5) is 10.6 Å². The Balaban J connectivity index is 0.00000441. The van der Waals surface area contributed by atoms with E-state index >= 15 is 0 Å². The molecule has 0 spiro atoms. The number of carbonyl (C=O) groups excluding carboxylic acids is 2. The maximum absolute atomic E-state index is 13.4. The van der Waals surface area contributed by atoms with E-state index in [1.807, 2.05) is 11.0 Å². The highest BCUT2D eigenvalue weighted by Gasteiger charge is 2.35. The summed E-state index contributed by atoms with van der Waals surface area (Å²) in [5.41, 5.74) is 0.592. The third kappa shape index (κ3) is 7.89. The molecule has 0 radical (unpaired) electrons. The van der Waals surface area contributed by atoms with Gasteiger partial charge in [-0.25, -0.2) is 14.8 Å². The van der Waals surface area contributed by atoms with Crippen LogP contribution < -0.4 is 10.2 Å². The second-order valence-corrected chi connectivity index (χ2v) is 11.1. The fraction of sp³-hybridized carbons (Fsp3) is 0.458. The van der Waals surface area contributed by atoms with Gasteiger partial charge in [-0.2, -0.15) is 0 Å². The molecule has 4 rings (SSSR count). The van der Waals surface area contributed by atoms with Crippen molar-refractivity contribution in [1.82, 2.24) is 25.1 Å². The molecule has 0 bridgehead atoms. The van der Waals surface area contributed by atoms with Gasteiger partial charge in [-0.05, 0) is 6.42 Å². The van der Waals surface area contributed by atoms with Crippen molar-refractivity contribution in [3.8, 4) is 11.4 Å². The first-order chi connectivity index (χ1) is 18.5. The maximum Gasteiger partial charge on any atom is 0.407 e. The smallest absolute Gasteiger partial charge is 0.407 e. The van der Waals surface area contributed by atoms with Crippen molar-refractivity contribution in [2.75, 3.05) is 57.4 Å². The van der Waals surface area contributed by atoms with Gasteiger partial charge < -0.3 is 39.6 Å². The molecule has 2 atom stereocenters. The lowest BCUT2D eigenvalue weighted by Crippen LogP contribution is -2.56. The van der Waals surface area contributed by atoms with Gasteiger partial charge in [0.1, 0.15) is 17.6 Å². The second kappa shape index (κ2) is 13.4. The molecule has 1 aromatic carbocycles. The van der Waals surface area contributed by atoms with Crippen LogP contribution in [0.3, 0.4) is 0 Å². The first-order valence-electron chi connectivity index (χ1n) is 12.4. The number of amides is 3. The molecule has 1 aromatic heterocycles. The van der Waals surface area contributed by atoms with Gasteiger partial charge in [-0.1, -0.05) is 30.3 Å².